The molecule has 0 fully saturated rings. The fourth-order valence-electron chi connectivity index (χ4n) is 1.96. The molecule has 0 unspecified atom stereocenters. The van der Waals surface area contributed by atoms with Crippen LogP contribution in [0.5, 0.6) is 0 Å². The third-order valence-electron chi connectivity index (χ3n) is 3.01. The minimum Gasteiger partial charge on any atom is -0.372 e. The summed E-state index contributed by atoms with van der Waals surface area (Å²) in [6.07, 6.45) is 1.57. The van der Waals surface area contributed by atoms with Crippen molar-refractivity contribution < 1.29 is 4.79 Å². The van der Waals surface area contributed by atoms with Crippen LogP contribution < -0.4 is 5.32 Å². The number of aromatic nitrogens is 1. The molecule has 0 bridgehead atoms. The molecule has 0 aliphatic rings. The second kappa shape index (κ2) is 8.20. The van der Waals surface area contributed by atoms with Gasteiger partial charge in [-0.15, -0.1) is 0 Å². The summed E-state index contributed by atoms with van der Waals surface area (Å²) in [6, 6.07) is 1.67. The van der Waals surface area contributed by atoms with Gasteiger partial charge in [-0.3, -0.25) is 4.79 Å². The van der Waals surface area contributed by atoms with E-state index >= 15 is 0 Å². The lowest BCUT2D eigenvalue weighted by Crippen LogP contribution is -2.39. The maximum Gasteiger partial charge on any atom is 0.255 e. The number of halogens is 1. The van der Waals surface area contributed by atoms with E-state index in [1.807, 2.05) is 19.0 Å². The van der Waals surface area contributed by atoms with Gasteiger partial charge in [0.25, 0.3) is 5.91 Å². The molecule has 1 heterocycles. The number of hydrogen-bond donors (Lipinski definition) is 1. The van der Waals surface area contributed by atoms with Gasteiger partial charge in [-0.25, -0.2) is 4.98 Å². The Hall–Kier alpha value is -1.33. The summed E-state index contributed by atoms with van der Waals surface area (Å²) in [5.41, 5.74) is 0.526. The summed E-state index contributed by atoms with van der Waals surface area (Å²) in [6.45, 7) is 6.44. The number of amides is 1. The van der Waals surface area contributed by atoms with Crippen LogP contribution in [0.25, 0.3) is 0 Å². The van der Waals surface area contributed by atoms with Gasteiger partial charge >= 0.3 is 0 Å². The van der Waals surface area contributed by atoms with Gasteiger partial charge < -0.3 is 15.1 Å². The lowest BCUT2D eigenvalue weighted by Gasteiger charge is -2.26. The third kappa shape index (κ3) is 5.52. The zero-order valence-corrected chi connectivity index (χ0v) is 14.2. The first-order chi connectivity index (χ1) is 9.85. The SMILES string of the molecule is CNc1ncc(C(=O)N(CCN(C)C)CC(C)C)cc1Cl. The molecule has 0 spiro atoms. The molecule has 0 saturated heterocycles. The molecule has 0 aliphatic heterocycles. The number of likely N-dealkylation sites (N-methyl/N-ethyl adjacent to an activating group) is 1. The van der Waals surface area contributed by atoms with Gasteiger partial charge in [0.15, 0.2) is 0 Å². The van der Waals surface area contributed by atoms with Crippen LogP contribution in [0, 0.1) is 5.92 Å². The molecule has 118 valence electrons. The topological polar surface area (TPSA) is 48.5 Å². The zero-order valence-electron chi connectivity index (χ0n) is 13.5. The number of nitrogens with one attached hydrogen (secondary N) is 1. The third-order valence-corrected chi connectivity index (χ3v) is 3.30. The van der Waals surface area contributed by atoms with Crippen LogP contribution in [0.15, 0.2) is 12.3 Å². The summed E-state index contributed by atoms with van der Waals surface area (Å²) in [5.74, 6) is 0.968. The highest BCUT2D eigenvalue weighted by molar-refractivity contribution is 6.33. The molecule has 1 N–H and O–H groups in total. The molecule has 1 aromatic rings. The van der Waals surface area contributed by atoms with E-state index in [1.165, 1.54) is 0 Å². The first kappa shape index (κ1) is 17.7. The fourth-order valence-corrected chi connectivity index (χ4v) is 2.22. The Morgan fingerprint density at radius 3 is 2.52 bits per heavy atom. The number of pyridine rings is 1. The van der Waals surface area contributed by atoms with E-state index in [1.54, 1.807) is 19.3 Å². The summed E-state index contributed by atoms with van der Waals surface area (Å²) >= 11 is 6.11. The minimum atomic E-state index is -0.0254. The number of anilines is 1. The summed E-state index contributed by atoms with van der Waals surface area (Å²) in [7, 11) is 5.74. The van der Waals surface area contributed by atoms with Crippen molar-refractivity contribution in [3.8, 4) is 0 Å². The number of rotatable bonds is 7. The van der Waals surface area contributed by atoms with Crippen molar-refractivity contribution in [2.75, 3.05) is 46.1 Å². The number of hydrogen-bond acceptors (Lipinski definition) is 4. The van der Waals surface area contributed by atoms with Crippen LogP contribution in [-0.4, -0.2) is 61.5 Å². The molecule has 6 heteroatoms. The normalized spacial score (nSPS) is 11.0. The highest BCUT2D eigenvalue weighted by Gasteiger charge is 2.18. The van der Waals surface area contributed by atoms with Crippen LogP contribution in [0.3, 0.4) is 0 Å². The van der Waals surface area contributed by atoms with Crippen LogP contribution in [-0.2, 0) is 0 Å². The first-order valence-electron chi connectivity index (χ1n) is 7.12. The van der Waals surface area contributed by atoms with Crippen LogP contribution in [0.4, 0.5) is 5.82 Å². The Bertz CT molecular complexity index is 477. The highest BCUT2D eigenvalue weighted by Crippen LogP contribution is 2.20. The standard InChI is InChI=1S/C15H25ClN4O/c1-11(2)10-20(7-6-19(4)5)15(21)12-8-13(16)14(17-3)18-9-12/h8-9,11H,6-7,10H2,1-5H3,(H,17,18). The van der Waals surface area contributed by atoms with Gasteiger partial charge in [-0.2, -0.15) is 0 Å². The second-order valence-corrected chi connectivity index (χ2v) is 6.16. The van der Waals surface area contributed by atoms with Crippen molar-refractivity contribution in [1.82, 2.24) is 14.8 Å². The van der Waals surface area contributed by atoms with Crippen molar-refractivity contribution >= 4 is 23.3 Å². The summed E-state index contributed by atoms with van der Waals surface area (Å²) in [5, 5.41) is 3.35. The number of nitrogens with zero attached hydrogens (tertiary/aromatic N) is 3. The summed E-state index contributed by atoms with van der Waals surface area (Å²) < 4.78 is 0. The Morgan fingerprint density at radius 1 is 1.38 bits per heavy atom. The summed E-state index contributed by atoms with van der Waals surface area (Å²) in [4.78, 5) is 20.7. The maximum absolute atomic E-state index is 12.6. The zero-order chi connectivity index (χ0) is 16.0. The Kier molecular flexibility index (Phi) is 6.92. The van der Waals surface area contributed by atoms with Crippen molar-refractivity contribution in [2.24, 2.45) is 5.92 Å². The lowest BCUT2D eigenvalue weighted by molar-refractivity contribution is 0.0724. The van der Waals surface area contributed by atoms with Crippen molar-refractivity contribution in [1.29, 1.82) is 0 Å². The average Bonchev–Trinajstić information content (AvgIpc) is 2.42. The van der Waals surface area contributed by atoms with Gasteiger partial charge in [0, 0.05) is 32.9 Å². The highest BCUT2D eigenvalue weighted by atomic mass is 35.5. The van der Waals surface area contributed by atoms with Crippen LogP contribution >= 0.6 is 11.6 Å². The van der Waals surface area contributed by atoms with E-state index in [9.17, 15) is 4.79 Å². The Labute approximate surface area is 132 Å². The maximum atomic E-state index is 12.6. The molecule has 0 aliphatic carbocycles. The van der Waals surface area contributed by atoms with Gasteiger partial charge in [-0.1, -0.05) is 25.4 Å². The quantitative estimate of drug-likeness (QED) is 0.840. The molecule has 0 radical (unpaired) electrons. The molecule has 21 heavy (non-hydrogen) atoms. The monoisotopic (exact) mass is 312 g/mol. The molecule has 1 rings (SSSR count). The van der Waals surface area contributed by atoms with Crippen molar-refractivity contribution in [2.45, 2.75) is 13.8 Å². The van der Waals surface area contributed by atoms with Crippen molar-refractivity contribution in [3.63, 3.8) is 0 Å². The van der Waals surface area contributed by atoms with Crippen LogP contribution in [0.1, 0.15) is 24.2 Å². The van der Waals surface area contributed by atoms with E-state index in [-0.39, 0.29) is 5.91 Å². The molecular weight excluding hydrogens is 288 g/mol. The Morgan fingerprint density at radius 2 is 2.05 bits per heavy atom. The number of carbonyl (C=O) groups is 1. The minimum absolute atomic E-state index is 0.0254. The molecule has 5 nitrogen and oxygen atoms in total. The largest absolute Gasteiger partial charge is 0.372 e. The van der Waals surface area contributed by atoms with E-state index < -0.39 is 0 Å². The predicted octanol–water partition coefficient (Wildman–Crippen LogP) is 2.44. The fraction of sp³-hybridized carbons (Fsp3) is 0.600. The van der Waals surface area contributed by atoms with Gasteiger partial charge in [0.05, 0.1) is 10.6 Å². The average molecular weight is 313 g/mol. The molecule has 1 amide bonds. The smallest absolute Gasteiger partial charge is 0.255 e. The predicted molar refractivity (Wildman–Crippen MR) is 88.1 cm³/mol. The molecule has 0 aromatic carbocycles. The van der Waals surface area contributed by atoms with E-state index in [0.717, 1.165) is 13.1 Å². The van der Waals surface area contributed by atoms with Gasteiger partial charge in [0.1, 0.15) is 5.82 Å². The lowest BCUT2D eigenvalue weighted by atomic mass is 10.1. The molecule has 0 saturated carbocycles. The van der Waals surface area contributed by atoms with Crippen LogP contribution in [0.2, 0.25) is 5.02 Å². The second-order valence-electron chi connectivity index (χ2n) is 5.75. The van der Waals surface area contributed by atoms with Gasteiger partial charge in [-0.05, 0) is 26.1 Å². The molecular formula is C15H25ClN4O. The van der Waals surface area contributed by atoms with Gasteiger partial charge in [0.2, 0.25) is 0 Å². The molecule has 0 atom stereocenters. The Balaban J connectivity index is 2.90. The molecule has 1 aromatic heterocycles. The van der Waals surface area contributed by atoms with Crippen molar-refractivity contribution in [3.05, 3.63) is 22.8 Å². The van der Waals surface area contributed by atoms with E-state index in [4.69, 9.17) is 11.6 Å². The first-order valence-corrected chi connectivity index (χ1v) is 7.50. The van der Waals surface area contributed by atoms with E-state index in [0.29, 0.717) is 28.9 Å². The number of carbonyl (C=O) groups excluding carboxylic acids is 1. The van der Waals surface area contributed by atoms with E-state index in [2.05, 4.69) is 29.0 Å².